The monoisotopic (exact) mass is 276 g/mol. The number of nitrogens with two attached hydrogens (primary N) is 1. The Balaban J connectivity index is 1.97. The molecule has 0 aliphatic carbocycles. The maximum absolute atomic E-state index is 5.97. The van der Waals surface area contributed by atoms with Gasteiger partial charge in [0.15, 0.2) is 0 Å². The minimum absolute atomic E-state index is 0.546. The summed E-state index contributed by atoms with van der Waals surface area (Å²) in [6.07, 6.45) is 3.61. The van der Waals surface area contributed by atoms with Crippen molar-refractivity contribution in [3.63, 3.8) is 0 Å². The van der Waals surface area contributed by atoms with E-state index >= 15 is 0 Å². The Bertz CT molecular complexity index is 404. The Labute approximate surface area is 123 Å². The molecule has 1 aromatic carbocycles. The first-order valence-electron chi connectivity index (χ1n) is 7.72. The van der Waals surface area contributed by atoms with Gasteiger partial charge in [0.05, 0.1) is 7.11 Å². The van der Waals surface area contributed by atoms with E-state index in [9.17, 15) is 0 Å². The average Bonchev–Trinajstić information content (AvgIpc) is 2.47. The molecule has 1 heterocycles. The van der Waals surface area contributed by atoms with Crippen LogP contribution < -0.4 is 10.5 Å². The molecule has 0 bridgehead atoms. The Morgan fingerprint density at radius 1 is 1.35 bits per heavy atom. The number of piperidine rings is 1. The van der Waals surface area contributed by atoms with Gasteiger partial charge in [-0.25, -0.2) is 0 Å². The van der Waals surface area contributed by atoms with E-state index in [2.05, 4.69) is 30.9 Å². The van der Waals surface area contributed by atoms with Crippen LogP contribution in [0.15, 0.2) is 24.3 Å². The molecule has 0 spiro atoms. The number of ether oxygens (including phenoxy) is 1. The van der Waals surface area contributed by atoms with Gasteiger partial charge in [-0.15, -0.1) is 0 Å². The molecule has 1 fully saturated rings. The highest BCUT2D eigenvalue weighted by atomic mass is 16.5. The van der Waals surface area contributed by atoms with E-state index in [4.69, 9.17) is 10.5 Å². The molecular formula is C17H28N2O. The summed E-state index contributed by atoms with van der Waals surface area (Å²) < 4.78 is 5.21. The van der Waals surface area contributed by atoms with Crippen LogP contribution in [0.3, 0.4) is 0 Å². The first-order chi connectivity index (χ1) is 9.63. The highest BCUT2D eigenvalue weighted by molar-refractivity contribution is 5.27. The molecule has 2 N–H and O–H groups in total. The van der Waals surface area contributed by atoms with Crippen LogP contribution >= 0.6 is 0 Å². The summed E-state index contributed by atoms with van der Waals surface area (Å²) in [7, 11) is 1.71. The molecule has 0 amide bonds. The lowest BCUT2D eigenvalue weighted by Crippen LogP contribution is -2.50. The van der Waals surface area contributed by atoms with Crippen LogP contribution in [0.2, 0.25) is 0 Å². The molecule has 1 saturated heterocycles. The highest BCUT2D eigenvalue weighted by Gasteiger charge is 2.28. The van der Waals surface area contributed by atoms with E-state index < -0.39 is 0 Å². The Morgan fingerprint density at radius 3 is 2.65 bits per heavy atom. The number of benzene rings is 1. The Hall–Kier alpha value is -1.06. The van der Waals surface area contributed by atoms with E-state index in [1.54, 1.807) is 7.11 Å². The number of nitrogens with zero attached hydrogens (tertiary/aromatic N) is 1. The summed E-state index contributed by atoms with van der Waals surface area (Å²) in [5.41, 5.74) is 7.33. The summed E-state index contributed by atoms with van der Waals surface area (Å²) in [6, 6.07) is 9.51. The molecule has 2 rings (SSSR count). The number of hydrogen-bond acceptors (Lipinski definition) is 3. The first kappa shape index (κ1) is 15.3. The second-order valence-electron chi connectivity index (χ2n) is 6.16. The smallest absolute Gasteiger partial charge is 0.118 e. The summed E-state index contributed by atoms with van der Waals surface area (Å²) in [5.74, 6) is 1.74. The van der Waals surface area contributed by atoms with Crippen LogP contribution in [0, 0.1) is 5.92 Å². The minimum Gasteiger partial charge on any atom is -0.497 e. The summed E-state index contributed by atoms with van der Waals surface area (Å²) >= 11 is 0. The molecule has 0 radical (unpaired) electrons. The van der Waals surface area contributed by atoms with E-state index in [0.717, 1.165) is 24.6 Å². The van der Waals surface area contributed by atoms with Crippen molar-refractivity contribution in [3.8, 4) is 5.75 Å². The third kappa shape index (κ3) is 3.74. The molecule has 20 heavy (non-hydrogen) atoms. The van der Waals surface area contributed by atoms with Gasteiger partial charge < -0.3 is 10.5 Å². The van der Waals surface area contributed by atoms with Gasteiger partial charge in [0.25, 0.3) is 0 Å². The van der Waals surface area contributed by atoms with Crippen LogP contribution in [0.1, 0.15) is 32.3 Å². The standard InChI is InChI=1S/C17H28N2O/c1-13-8-9-19(16(10-13)12-18)14(2)11-15-4-6-17(20-3)7-5-15/h4-7,13-14,16H,8-12,18H2,1-3H3. The predicted octanol–water partition coefficient (Wildman–Crippen LogP) is 2.69. The molecule has 1 aromatic rings. The fraction of sp³-hybridized carbons (Fsp3) is 0.647. The van der Waals surface area contributed by atoms with Crippen molar-refractivity contribution in [3.05, 3.63) is 29.8 Å². The van der Waals surface area contributed by atoms with E-state index in [-0.39, 0.29) is 0 Å². The summed E-state index contributed by atoms with van der Waals surface area (Å²) in [5, 5.41) is 0. The topological polar surface area (TPSA) is 38.5 Å². The van der Waals surface area contributed by atoms with Crippen molar-refractivity contribution < 1.29 is 4.74 Å². The van der Waals surface area contributed by atoms with Crippen molar-refractivity contribution >= 4 is 0 Å². The van der Waals surface area contributed by atoms with Crippen LogP contribution in [0.4, 0.5) is 0 Å². The Kier molecular flexibility index (Phi) is 5.44. The molecular weight excluding hydrogens is 248 g/mol. The quantitative estimate of drug-likeness (QED) is 0.898. The summed E-state index contributed by atoms with van der Waals surface area (Å²) in [6.45, 7) is 6.62. The van der Waals surface area contributed by atoms with Gasteiger partial charge in [-0.1, -0.05) is 19.1 Å². The zero-order valence-electron chi connectivity index (χ0n) is 13.0. The zero-order valence-corrected chi connectivity index (χ0v) is 13.0. The first-order valence-corrected chi connectivity index (χ1v) is 7.72. The second-order valence-corrected chi connectivity index (χ2v) is 6.16. The van der Waals surface area contributed by atoms with Gasteiger partial charge in [-0.2, -0.15) is 0 Å². The van der Waals surface area contributed by atoms with Gasteiger partial charge in [0.2, 0.25) is 0 Å². The van der Waals surface area contributed by atoms with Gasteiger partial charge in [0, 0.05) is 18.6 Å². The normalized spacial score (nSPS) is 25.4. The molecule has 1 aliphatic rings. The number of rotatable bonds is 5. The van der Waals surface area contributed by atoms with Gasteiger partial charge in [-0.05, 0) is 56.3 Å². The molecule has 3 heteroatoms. The van der Waals surface area contributed by atoms with E-state index in [1.807, 2.05) is 12.1 Å². The third-order valence-corrected chi connectivity index (χ3v) is 4.55. The van der Waals surface area contributed by atoms with Gasteiger partial charge in [0.1, 0.15) is 5.75 Å². The summed E-state index contributed by atoms with van der Waals surface area (Å²) in [4.78, 5) is 2.60. The van der Waals surface area contributed by atoms with Crippen LogP contribution in [0.5, 0.6) is 5.75 Å². The molecule has 3 nitrogen and oxygen atoms in total. The lowest BCUT2D eigenvalue weighted by Gasteiger charge is -2.41. The number of methoxy groups -OCH3 is 1. The molecule has 0 aromatic heterocycles. The SMILES string of the molecule is COc1ccc(CC(C)N2CCC(C)CC2CN)cc1. The van der Waals surface area contributed by atoms with Crippen molar-refractivity contribution in [2.24, 2.45) is 11.7 Å². The van der Waals surface area contributed by atoms with E-state index in [0.29, 0.717) is 12.1 Å². The molecule has 3 unspecified atom stereocenters. The largest absolute Gasteiger partial charge is 0.497 e. The minimum atomic E-state index is 0.546. The van der Waals surface area contributed by atoms with Crippen LogP contribution in [0.25, 0.3) is 0 Å². The third-order valence-electron chi connectivity index (χ3n) is 4.55. The Morgan fingerprint density at radius 2 is 2.05 bits per heavy atom. The van der Waals surface area contributed by atoms with Crippen molar-refractivity contribution in [2.45, 2.75) is 45.2 Å². The lowest BCUT2D eigenvalue weighted by atomic mass is 9.90. The van der Waals surface area contributed by atoms with Crippen LogP contribution in [-0.4, -0.2) is 37.2 Å². The number of likely N-dealkylation sites (tertiary alicyclic amines) is 1. The maximum Gasteiger partial charge on any atom is 0.118 e. The van der Waals surface area contributed by atoms with Crippen molar-refractivity contribution in [1.82, 2.24) is 4.90 Å². The molecule has 1 aliphatic heterocycles. The highest BCUT2D eigenvalue weighted by Crippen LogP contribution is 2.25. The zero-order chi connectivity index (χ0) is 14.5. The van der Waals surface area contributed by atoms with Crippen molar-refractivity contribution in [1.29, 1.82) is 0 Å². The molecule has 112 valence electrons. The lowest BCUT2D eigenvalue weighted by molar-refractivity contribution is 0.0835. The molecule has 0 saturated carbocycles. The molecule has 3 atom stereocenters. The van der Waals surface area contributed by atoms with E-state index in [1.165, 1.54) is 24.9 Å². The van der Waals surface area contributed by atoms with Gasteiger partial charge >= 0.3 is 0 Å². The number of hydrogen-bond donors (Lipinski definition) is 1. The second kappa shape index (κ2) is 7.09. The predicted molar refractivity (Wildman–Crippen MR) is 84.1 cm³/mol. The van der Waals surface area contributed by atoms with Crippen molar-refractivity contribution in [2.75, 3.05) is 20.2 Å². The fourth-order valence-corrected chi connectivity index (χ4v) is 3.30. The van der Waals surface area contributed by atoms with Crippen LogP contribution in [-0.2, 0) is 6.42 Å². The van der Waals surface area contributed by atoms with Gasteiger partial charge in [-0.3, -0.25) is 4.90 Å². The maximum atomic E-state index is 5.97. The fourth-order valence-electron chi connectivity index (χ4n) is 3.30. The average molecular weight is 276 g/mol.